The van der Waals surface area contributed by atoms with Crippen molar-refractivity contribution in [2.24, 2.45) is 17.8 Å². The van der Waals surface area contributed by atoms with Crippen molar-refractivity contribution < 1.29 is 4.79 Å². The first-order chi connectivity index (χ1) is 7.63. The van der Waals surface area contributed by atoms with Crippen molar-refractivity contribution in [2.75, 3.05) is 0 Å². The molecular weight excluding hydrogens is 196 g/mol. The Kier molecular flexibility index (Phi) is 6.08. The van der Waals surface area contributed by atoms with Crippen LogP contribution in [0.25, 0.3) is 0 Å². The van der Waals surface area contributed by atoms with E-state index in [9.17, 15) is 4.79 Å². The van der Waals surface area contributed by atoms with Crippen LogP contribution in [0.3, 0.4) is 0 Å². The van der Waals surface area contributed by atoms with E-state index in [1.807, 2.05) is 6.92 Å². The van der Waals surface area contributed by atoms with Crippen LogP contribution < -0.4 is 0 Å². The Morgan fingerprint density at radius 2 is 2.06 bits per heavy atom. The molecule has 0 heterocycles. The van der Waals surface area contributed by atoms with Gasteiger partial charge in [0.1, 0.15) is 5.78 Å². The molecule has 1 aliphatic rings. The lowest BCUT2D eigenvalue weighted by molar-refractivity contribution is -0.124. The average molecular weight is 224 g/mol. The van der Waals surface area contributed by atoms with Crippen molar-refractivity contribution in [3.05, 3.63) is 0 Å². The monoisotopic (exact) mass is 224 g/mol. The fourth-order valence-electron chi connectivity index (χ4n) is 2.95. The van der Waals surface area contributed by atoms with E-state index >= 15 is 0 Å². The lowest BCUT2D eigenvalue weighted by Gasteiger charge is -2.28. The SMILES string of the molecule is CCC(=O)C1CCCC(CCCC(C)C)C1. The summed E-state index contributed by atoms with van der Waals surface area (Å²) >= 11 is 0. The topological polar surface area (TPSA) is 17.1 Å². The summed E-state index contributed by atoms with van der Waals surface area (Å²) in [4.78, 5) is 11.7. The van der Waals surface area contributed by atoms with Gasteiger partial charge in [-0.15, -0.1) is 0 Å². The van der Waals surface area contributed by atoms with E-state index in [4.69, 9.17) is 0 Å². The normalized spacial score (nSPS) is 26.0. The Labute approximate surface area is 101 Å². The standard InChI is InChI=1S/C15H28O/c1-4-15(16)14-10-6-9-13(11-14)8-5-7-12(2)3/h12-14H,4-11H2,1-3H3. The largest absolute Gasteiger partial charge is 0.299 e. The smallest absolute Gasteiger partial charge is 0.135 e. The Morgan fingerprint density at radius 3 is 2.69 bits per heavy atom. The number of ketones is 1. The maximum Gasteiger partial charge on any atom is 0.135 e. The fraction of sp³-hybridized carbons (Fsp3) is 0.933. The van der Waals surface area contributed by atoms with Crippen LogP contribution >= 0.6 is 0 Å². The van der Waals surface area contributed by atoms with Crippen LogP contribution in [0.4, 0.5) is 0 Å². The van der Waals surface area contributed by atoms with E-state index in [2.05, 4.69) is 13.8 Å². The molecule has 1 saturated carbocycles. The number of hydrogen-bond donors (Lipinski definition) is 0. The van der Waals surface area contributed by atoms with Gasteiger partial charge in [-0.2, -0.15) is 0 Å². The summed E-state index contributed by atoms with van der Waals surface area (Å²) < 4.78 is 0. The molecule has 0 N–H and O–H groups in total. The first-order valence-electron chi connectivity index (χ1n) is 7.16. The van der Waals surface area contributed by atoms with Crippen LogP contribution in [-0.4, -0.2) is 5.78 Å². The minimum atomic E-state index is 0.405. The molecule has 0 saturated heterocycles. The zero-order valence-electron chi connectivity index (χ0n) is 11.3. The molecule has 1 fully saturated rings. The third kappa shape index (κ3) is 4.67. The van der Waals surface area contributed by atoms with E-state index in [0.717, 1.165) is 24.7 Å². The quantitative estimate of drug-likeness (QED) is 0.644. The number of carbonyl (C=O) groups is 1. The van der Waals surface area contributed by atoms with Gasteiger partial charge < -0.3 is 0 Å². The first kappa shape index (κ1) is 13.7. The van der Waals surface area contributed by atoms with Gasteiger partial charge in [-0.25, -0.2) is 0 Å². The number of Topliss-reactive ketones (excluding diaryl/α,β-unsaturated/α-hetero) is 1. The minimum Gasteiger partial charge on any atom is -0.299 e. The zero-order valence-corrected chi connectivity index (χ0v) is 11.3. The highest BCUT2D eigenvalue weighted by atomic mass is 16.1. The van der Waals surface area contributed by atoms with Crippen molar-refractivity contribution in [3.8, 4) is 0 Å². The Bertz CT molecular complexity index is 207. The van der Waals surface area contributed by atoms with Crippen LogP contribution in [0.2, 0.25) is 0 Å². The molecule has 0 aromatic rings. The van der Waals surface area contributed by atoms with Crippen LogP contribution in [0.5, 0.6) is 0 Å². The molecular formula is C15H28O. The number of rotatable bonds is 6. The second-order valence-electron chi connectivity index (χ2n) is 5.87. The summed E-state index contributed by atoms with van der Waals surface area (Å²) in [7, 11) is 0. The van der Waals surface area contributed by atoms with Crippen molar-refractivity contribution >= 4 is 5.78 Å². The van der Waals surface area contributed by atoms with Gasteiger partial charge in [-0.3, -0.25) is 4.79 Å². The van der Waals surface area contributed by atoms with Gasteiger partial charge in [-0.05, 0) is 24.7 Å². The Hall–Kier alpha value is -0.330. The number of carbonyl (C=O) groups excluding carboxylic acids is 1. The minimum absolute atomic E-state index is 0.405. The van der Waals surface area contributed by atoms with Gasteiger partial charge in [0.05, 0.1) is 0 Å². The molecule has 0 amide bonds. The summed E-state index contributed by atoms with van der Waals surface area (Å²) in [6.07, 6.45) is 9.79. The molecule has 1 aliphatic carbocycles. The second-order valence-corrected chi connectivity index (χ2v) is 5.87. The predicted molar refractivity (Wildman–Crippen MR) is 69.4 cm³/mol. The number of hydrogen-bond acceptors (Lipinski definition) is 1. The summed E-state index contributed by atoms with van der Waals surface area (Å²) in [5, 5.41) is 0. The molecule has 0 bridgehead atoms. The van der Waals surface area contributed by atoms with Gasteiger partial charge in [0.2, 0.25) is 0 Å². The van der Waals surface area contributed by atoms with E-state index < -0.39 is 0 Å². The summed E-state index contributed by atoms with van der Waals surface area (Å²) in [5.41, 5.74) is 0. The van der Waals surface area contributed by atoms with Gasteiger partial charge in [0.15, 0.2) is 0 Å². The van der Waals surface area contributed by atoms with E-state index in [0.29, 0.717) is 11.7 Å². The predicted octanol–water partition coefficient (Wildman–Crippen LogP) is 4.60. The van der Waals surface area contributed by atoms with Crippen molar-refractivity contribution in [1.29, 1.82) is 0 Å². The molecule has 0 spiro atoms. The molecule has 0 radical (unpaired) electrons. The highest BCUT2D eigenvalue weighted by molar-refractivity contribution is 5.80. The van der Waals surface area contributed by atoms with Crippen LogP contribution in [0, 0.1) is 17.8 Å². The average Bonchev–Trinajstić information content (AvgIpc) is 2.28. The van der Waals surface area contributed by atoms with Crippen LogP contribution in [0.1, 0.15) is 72.1 Å². The fourth-order valence-corrected chi connectivity index (χ4v) is 2.95. The van der Waals surface area contributed by atoms with Crippen molar-refractivity contribution in [1.82, 2.24) is 0 Å². The molecule has 16 heavy (non-hydrogen) atoms. The van der Waals surface area contributed by atoms with Gasteiger partial charge in [0.25, 0.3) is 0 Å². The lowest BCUT2D eigenvalue weighted by atomic mass is 9.77. The van der Waals surface area contributed by atoms with E-state index in [1.54, 1.807) is 0 Å². The van der Waals surface area contributed by atoms with Crippen LogP contribution in [-0.2, 0) is 4.79 Å². The Balaban J connectivity index is 2.25. The van der Waals surface area contributed by atoms with E-state index in [-0.39, 0.29) is 0 Å². The zero-order chi connectivity index (χ0) is 12.0. The maximum absolute atomic E-state index is 11.7. The highest BCUT2D eigenvalue weighted by Crippen LogP contribution is 2.33. The maximum atomic E-state index is 11.7. The van der Waals surface area contributed by atoms with Gasteiger partial charge >= 0.3 is 0 Å². The van der Waals surface area contributed by atoms with Gasteiger partial charge in [0, 0.05) is 12.3 Å². The lowest BCUT2D eigenvalue weighted by Crippen LogP contribution is -2.22. The molecule has 1 heteroatoms. The first-order valence-corrected chi connectivity index (χ1v) is 7.16. The van der Waals surface area contributed by atoms with E-state index in [1.165, 1.54) is 38.5 Å². The molecule has 2 atom stereocenters. The molecule has 1 nitrogen and oxygen atoms in total. The second kappa shape index (κ2) is 7.09. The third-order valence-corrected chi connectivity index (χ3v) is 3.98. The van der Waals surface area contributed by atoms with Gasteiger partial charge in [-0.1, -0.05) is 52.9 Å². The molecule has 0 aliphatic heterocycles. The highest BCUT2D eigenvalue weighted by Gasteiger charge is 2.25. The molecule has 0 aromatic carbocycles. The molecule has 1 rings (SSSR count). The molecule has 94 valence electrons. The summed E-state index contributed by atoms with van der Waals surface area (Å²) in [6, 6.07) is 0. The summed E-state index contributed by atoms with van der Waals surface area (Å²) in [6.45, 7) is 6.60. The Morgan fingerprint density at radius 1 is 1.31 bits per heavy atom. The van der Waals surface area contributed by atoms with Crippen molar-refractivity contribution in [2.45, 2.75) is 72.1 Å². The van der Waals surface area contributed by atoms with Crippen molar-refractivity contribution in [3.63, 3.8) is 0 Å². The summed E-state index contributed by atoms with van der Waals surface area (Å²) in [5.74, 6) is 2.58. The third-order valence-electron chi connectivity index (χ3n) is 3.98. The molecule has 0 aromatic heterocycles. The van der Waals surface area contributed by atoms with Crippen LogP contribution in [0.15, 0.2) is 0 Å². The molecule has 2 unspecified atom stereocenters.